The van der Waals surface area contributed by atoms with Gasteiger partial charge < -0.3 is 4.42 Å². The topological polar surface area (TPSA) is 51.8 Å². The fourth-order valence-corrected chi connectivity index (χ4v) is 2.23. The fraction of sp³-hybridized carbons (Fsp3) is 0.182. The highest BCUT2D eigenvalue weighted by Gasteiger charge is 2.14. The highest BCUT2D eigenvalue weighted by atomic mass is 79.9. The van der Waals surface area contributed by atoms with Gasteiger partial charge in [-0.25, -0.2) is 15.0 Å². The average Bonchev–Trinajstić information content (AvgIpc) is 2.68. The van der Waals surface area contributed by atoms with Gasteiger partial charge in [0.25, 0.3) is 0 Å². The molecule has 0 amide bonds. The minimum absolute atomic E-state index is 0.334. The van der Waals surface area contributed by atoms with Crippen LogP contribution in [0.2, 0.25) is 5.15 Å². The molecule has 3 rings (SSSR count). The molecule has 0 aliphatic carbocycles. The largest absolute Gasteiger partial charge is 0.433 e. The highest BCUT2D eigenvalue weighted by molar-refractivity contribution is 9.10. The third-order valence-electron chi connectivity index (χ3n) is 2.46. The molecular weight excluding hydrogens is 305 g/mol. The normalized spacial score (nSPS) is 11.5. The molecule has 0 spiro atoms. The summed E-state index contributed by atoms with van der Waals surface area (Å²) in [5.41, 5.74) is 1.72. The quantitative estimate of drug-likeness (QED) is 0.642. The molecule has 0 saturated heterocycles. The van der Waals surface area contributed by atoms with E-state index in [-0.39, 0.29) is 0 Å². The number of aryl methyl sites for hydroxylation is 1. The summed E-state index contributed by atoms with van der Waals surface area (Å²) in [5, 5.41) is 1.18. The zero-order valence-electron chi connectivity index (χ0n) is 8.87. The molecule has 0 bridgehead atoms. The van der Waals surface area contributed by atoms with Crippen molar-refractivity contribution in [3.8, 4) is 0 Å². The molecule has 0 fully saturated rings. The molecule has 0 aromatic carbocycles. The Balaban J connectivity index is 2.49. The first-order chi connectivity index (χ1) is 8.19. The Hall–Kier alpha value is -1.20. The van der Waals surface area contributed by atoms with Gasteiger partial charge in [-0.05, 0) is 22.0 Å². The van der Waals surface area contributed by atoms with E-state index < -0.39 is 0 Å². The summed E-state index contributed by atoms with van der Waals surface area (Å²) in [6.45, 7) is 1.98. The Bertz CT molecular complexity index is 725. The Labute approximate surface area is 110 Å². The van der Waals surface area contributed by atoms with E-state index in [0.717, 1.165) is 16.3 Å². The Morgan fingerprint density at radius 1 is 1.41 bits per heavy atom. The molecule has 0 aliphatic heterocycles. The average molecular weight is 313 g/mol. The Morgan fingerprint density at radius 2 is 2.24 bits per heavy atom. The van der Waals surface area contributed by atoms with Crippen LogP contribution in [0.3, 0.4) is 0 Å². The van der Waals surface area contributed by atoms with E-state index in [1.165, 1.54) is 0 Å². The second-order valence-electron chi connectivity index (χ2n) is 3.57. The van der Waals surface area contributed by atoms with Gasteiger partial charge in [0.1, 0.15) is 11.3 Å². The van der Waals surface area contributed by atoms with Crippen LogP contribution in [-0.2, 0) is 6.42 Å². The second-order valence-corrected chi connectivity index (χ2v) is 4.84. The lowest BCUT2D eigenvalue weighted by atomic mass is 10.3. The van der Waals surface area contributed by atoms with Crippen LogP contribution < -0.4 is 0 Å². The van der Waals surface area contributed by atoms with Gasteiger partial charge in [0.15, 0.2) is 10.7 Å². The minimum Gasteiger partial charge on any atom is -0.433 e. The monoisotopic (exact) mass is 311 g/mol. The molecule has 86 valence electrons. The van der Waals surface area contributed by atoms with Crippen molar-refractivity contribution in [2.45, 2.75) is 13.3 Å². The van der Waals surface area contributed by atoms with Crippen molar-refractivity contribution < 1.29 is 4.42 Å². The maximum atomic E-state index is 6.07. The molecule has 0 aliphatic rings. The second kappa shape index (κ2) is 3.92. The zero-order valence-corrected chi connectivity index (χ0v) is 11.2. The summed E-state index contributed by atoms with van der Waals surface area (Å²) in [5.74, 6) is 0.699. The molecule has 4 nitrogen and oxygen atoms in total. The van der Waals surface area contributed by atoms with Crippen molar-refractivity contribution in [1.29, 1.82) is 0 Å². The van der Waals surface area contributed by atoms with Crippen molar-refractivity contribution in [3.63, 3.8) is 0 Å². The lowest BCUT2D eigenvalue weighted by Crippen LogP contribution is -1.92. The van der Waals surface area contributed by atoms with Gasteiger partial charge in [-0.2, -0.15) is 0 Å². The van der Waals surface area contributed by atoms with E-state index >= 15 is 0 Å². The minimum atomic E-state index is 0.334. The van der Waals surface area contributed by atoms with Gasteiger partial charge in [0, 0.05) is 17.1 Å². The van der Waals surface area contributed by atoms with E-state index in [2.05, 4.69) is 30.9 Å². The van der Waals surface area contributed by atoms with Gasteiger partial charge in [0.05, 0.1) is 5.39 Å². The number of hydrogen-bond donors (Lipinski definition) is 0. The fourth-order valence-electron chi connectivity index (χ4n) is 1.67. The molecule has 0 atom stereocenters. The summed E-state index contributed by atoms with van der Waals surface area (Å²) < 4.78 is 6.42. The molecule has 17 heavy (non-hydrogen) atoms. The number of nitrogens with zero attached hydrogens (tertiary/aromatic N) is 3. The first kappa shape index (κ1) is 10.9. The lowest BCUT2D eigenvalue weighted by molar-refractivity contribution is 0.650. The molecule has 6 heteroatoms. The van der Waals surface area contributed by atoms with Gasteiger partial charge >= 0.3 is 0 Å². The first-order valence-electron chi connectivity index (χ1n) is 5.09. The smallest absolute Gasteiger partial charge is 0.229 e. The number of halogens is 2. The van der Waals surface area contributed by atoms with Gasteiger partial charge in [-0.1, -0.05) is 18.5 Å². The van der Waals surface area contributed by atoms with Crippen LogP contribution in [0.15, 0.2) is 21.2 Å². The van der Waals surface area contributed by atoms with Crippen LogP contribution >= 0.6 is 27.5 Å². The number of rotatable bonds is 1. The Morgan fingerprint density at radius 3 is 3.00 bits per heavy atom. The van der Waals surface area contributed by atoms with Gasteiger partial charge in [-0.3, -0.25) is 0 Å². The van der Waals surface area contributed by atoms with E-state index in [1.807, 2.05) is 13.0 Å². The summed E-state index contributed by atoms with van der Waals surface area (Å²) in [7, 11) is 0. The summed E-state index contributed by atoms with van der Waals surface area (Å²) >= 11 is 9.44. The van der Waals surface area contributed by atoms with Crippen LogP contribution in [0, 0.1) is 0 Å². The SMILES string of the molecule is CCc1nc(Cl)c2oc3ncc(Br)cc3c2n1. The van der Waals surface area contributed by atoms with Crippen LogP contribution in [-0.4, -0.2) is 15.0 Å². The lowest BCUT2D eigenvalue weighted by Gasteiger charge is -1.96. The number of aromatic nitrogens is 3. The molecular formula is C11H7BrClN3O. The van der Waals surface area contributed by atoms with E-state index in [0.29, 0.717) is 27.8 Å². The number of pyridine rings is 1. The number of furan rings is 1. The molecule has 0 unspecified atom stereocenters. The third kappa shape index (κ3) is 1.70. The maximum absolute atomic E-state index is 6.07. The zero-order chi connectivity index (χ0) is 12.0. The molecule has 3 aromatic rings. The van der Waals surface area contributed by atoms with Crippen LogP contribution in [0.4, 0.5) is 0 Å². The summed E-state index contributed by atoms with van der Waals surface area (Å²) in [6, 6.07) is 1.91. The van der Waals surface area contributed by atoms with Crippen LogP contribution in [0.25, 0.3) is 22.2 Å². The van der Waals surface area contributed by atoms with Crippen LogP contribution in [0.1, 0.15) is 12.7 Å². The predicted molar refractivity (Wildman–Crippen MR) is 69.2 cm³/mol. The molecule has 0 radical (unpaired) electrons. The van der Waals surface area contributed by atoms with Crippen molar-refractivity contribution in [2.24, 2.45) is 0 Å². The molecule has 0 saturated carbocycles. The third-order valence-corrected chi connectivity index (χ3v) is 3.15. The van der Waals surface area contributed by atoms with E-state index in [9.17, 15) is 0 Å². The Kier molecular flexibility index (Phi) is 2.52. The van der Waals surface area contributed by atoms with Crippen molar-refractivity contribution >= 4 is 49.7 Å². The molecule has 0 N–H and O–H groups in total. The van der Waals surface area contributed by atoms with E-state index in [4.69, 9.17) is 16.0 Å². The summed E-state index contributed by atoms with van der Waals surface area (Å²) in [4.78, 5) is 12.8. The number of hydrogen-bond acceptors (Lipinski definition) is 4. The first-order valence-corrected chi connectivity index (χ1v) is 6.26. The van der Waals surface area contributed by atoms with Crippen molar-refractivity contribution in [2.75, 3.05) is 0 Å². The maximum Gasteiger partial charge on any atom is 0.229 e. The molecule has 3 aromatic heterocycles. The highest BCUT2D eigenvalue weighted by Crippen LogP contribution is 2.31. The summed E-state index contributed by atoms with van der Waals surface area (Å²) in [6.07, 6.45) is 2.40. The van der Waals surface area contributed by atoms with E-state index in [1.54, 1.807) is 6.20 Å². The molecule has 3 heterocycles. The van der Waals surface area contributed by atoms with Gasteiger partial charge in [-0.15, -0.1) is 0 Å². The van der Waals surface area contributed by atoms with Crippen molar-refractivity contribution in [1.82, 2.24) is 15.0 Å². The standard InChI is InChI=1S/C11H7BrClN3O/c1-2-7-15-8-6-3-5(12)4-14-11(6)17-9(8)10(13)16-7/h3-4H,2H2,1H3. The predicted octanol–water partition coefficient (Wildman–Crippen LogP) is 3.75. The van der Waals surface area contributed by atoms with Crippen LogP contribution in [0.5, 0.6) is 0 Å². The number of fused-ring (bicyclic) bond motifs is 3. The van der Waals surface area contributed by atoms with Crippen molar-refractivity contribution in [3.05, 3.63) is 27.7 Å². The van der Waals surface area contributed by atoms with Gasteiger partial charge in [0.2, 0.25) is 5.71 Å².